The summed E-state index contributed by atoms with van der Waals surface area (Å²) in [5.74, 6) is -2.05. The van der Waals surface area contributed by atoms with Crippen molar-refractivity contribution in [1.82, 2.24) is 20.0 Å². The van der Waals surface area contributed by atoms with Crippen LogP contribution in [0.25, 0.3) is 0 Å². The number of alkyl halides is 1. The van der Waals surface area contributed by atoms with E-state index in [0.717, 1.165) is 45.3 Å². The number of carbonyl (C=O) groups excluding carboxylic acids is 4. The zero-order valence-corrected chi connectivity index (χ0v) is 26.8. The number of fused-ring (bicyclic) bond motifs is 4. The third kappa shape index (κ3) is 4.81. The summed E-state index contributed by atoms with van der Waals surface area (Å²) in [7, 11) is 2.10. The average molecular weight is 633 g/mol. The first-order valence-electron chi connectivity index (χ1n) is 17.4. The van der Waals surface area contributed by atoms with E-state index in [1.54, 1.807) is 30.5 Å². The fraction of sp³-hybridized carbons (Fsp3) is 0.667. The molecule has 0 bridgehead atoms. The van der Waals surface area contributed by atoms with Crippen LogP contribution in [0, 0.1) is 23.7 Å². The Labute approximate surface area is 269 Å². The number of hydrogen-bond donors (Lipinski definition) is 1. The molecule has 1 aromatic carbocycles. The maximum absolute atomic E-state index is 16.4. The highest BCUT2D eigenvalue weighted by atomic mass is 19.1. The fourth-order valence-corrected chi connectivity index (χ4v) is 10.1. The van der Waals surface area contributed by atoms with E-state index in [4.69, 9.17) is 4.74 Å². The summed E-state index contributed by atoms with van der Waals surface area (Å²) in [4.78, 5) is 61.8. The number of Topliss-reactive ketones (excluding diaryl/α,β-unsaturated/α-hetero) is 3. The molecule has 10 heteroatoms. The van der Waals surface area contributed by atoms with Gasteiger partial charge in [0.2, 0.25) is 0 Å². The smallest absolute Gasteiger partial charge is 0.256 e. The zero-order chi connectivity index (χ0) is 31.9. The number of benzene rings is 1. The average Bonchev–Trinajstić information content (AvgIpc) is 3.67. The van der Waals surface area contributed by atoms with Crippen molar-refractivity contribution in [2.45, 2.75) is 94.4 Å². The van der Waals surface area contributed by atoms with Gasteiger partial charge in [0.15, 0.2) is 17.3 Å². The summed E-state index contributed by atoms with van der Waals surface area (Å²) < 4.78 is 23.2. The number of hydrogen-bond acceptors (Lipinski definition) is 8. The molecule has 7 aliphatic rings. The Morgan fingerprint density at radius 3 is 2.37 bits per heavy atom. The van der Waals surface area contributed by atoms with Crippen LogP contribution in [0.3, 0.4) is 0 Å². The van der Waals surface area contributed by atoms with Crippen molar-refractivity contribution in [1.29, 1.82) is 0 Å². The number of morpholine rings is 1. The van der Waals surface area contributed by atoms with E-state index in [0.29, 0.717) is 42.5 Å². The summed E-state index contributed by atoms with van der Waals surface area (Å²) >= 11 is 0. The summed E-state index contributed by atoms with van der Waals surface area (Å²) in [6, 6.07) is 6.22. The molecule has 3 aliphatic carbocycles. The quantitative estimate of drug-likeness (QED) is 0.495. The molecule has 3 saturated heterocycles. The number of ether oxygens (including phenoxy) is 1. The fourth-order valence-electron chi connectivity index (χ4n) is 10.1. The minimum Gasteiger partial charge on any atom is -0.369 e. The number of ketones is 3. The lowest BCUT2D eigenvalue weighted by Crippen LogP contribution is -2.74. The van der Waals surface area contributed by atoms with E-state index < -0.39 is 54.1 Å². The van der Waals surface area contributed by atoms with Crippen LogP contribution in [0.5, 0.6) is 0 Å². The predicted octanol–water partition coefficient (Wildman–Crippen LogP) is 3.03. The Morgan fingerprint density at radius 1 is 0.957 bits per heavy atom. The highest BCUT2D eigenvalue weighted by Gasteiger charge is 2.62. The lowest BCUT2D eigenvalue weighted by molar-refractivity contribution is -0.215. The van der Waals surface area contributed by atoms with Crippen molar-refractivity contribution in [2.24, 2.45) is 23.7 Å². The van der Waals surface area contributed by atoms with Crippen LogP contribution >= 0.6 is 0 Å². The number of likely N-dealkylation sites (tertiary alicyclic amines) is 2. The number of nitrogens with zero attached hydrogens (tertiary/aromatic N) is 3. The lowest BCUT2D eigenvalue weighted by Gasteiger charge is -2.61. The Morgan fingerprint density at radius 2 is 1.70 bits per heavy atom. The van der Waals surface area contributed by atoms with Gasteiger partial charge >= 0.3 is 0 Å². The Hall–Kier alpha value is -2.95. The Kier molecular flexibility index (Phi) is 7.68. The molecule has 0 radical (unpaired) electrons. The van der Waals surface area contributed by atoms with Crippen LogP contribution in [0.15, 0.2) is 36.0 Å². The number of carbonyl (C=O) groups is 4. The van der Waals surface area contributed by atoms with Gasteiger partial charge in [0, 0.05) is 54.2 Å². The van der Waals surface area contributed by atoms with Crippen molar-refractivity contribution < 1.29 is 28.3 Å². The molecule has 2 saturated carbocycles. The molecule has 1 N–H and O–H groups in total. The van der Waals surface area contributed by atoms with Crippen LogP contribution in [0.4, 0.5) is 4.39 Å². The summed E-state index contributed by atoms with van der Waals surface area (Å²) in [5, 5.41) is 3.00. The molecule has 1 aromatic rings. The maximum Gasteiger partial charge on any atom is 0.256 e. The molecule has 0 spiro atoms. The minimum atomic E-state index is -1.28. The molecule has 246 valence electrons. The summed E-state index contributed by atoms with van der Waals surface area (Å²) in [5.41, 5.74) is 1.01. The second-order valence-electron chi connectivity index (χ2n) is 15.1. The van der Waals surface area contributed by atoms with Gasteiger partial charge in [-0.1, -0.05) is 31.2 Å². The van der Waals surface area contributed by atoms with Gasteiger partial charge in [0.05, 0.1) is 35.9 Å². The van der Waals surface area contributed by atoms with Gasteiger partial charge < -0.3 is 19.9 Å². The SMILES string of the molecule is CC1CCN(C2C(F)CC3C(=O)C(C(=O)NCCC4CCCN4C)=CN4C5CC6C(=O)c7ccccc7C(=O)C6CC5OC2C34)C1. The molecule has 8 rings (SSSR count). The van der Waals surface area contributed by atoms with Gasteiger partial charge in [0.25, 0.3) is 5.91 Å². The van der Waals surface area contributed by atoms with E-state index in [9.17, 15) is 19.2 Å². The number of amides is 1. The number of nitrogens with one attached hydrogen (secondary N) is 1. The van der Waals surface area contributed by atoms with E-state index in [2.05, 4.69) is 34.0 Å². The first-order chi connectivity index (χ1) is 22.2. The topological polar surface area (TPSA) is 99.3 Å². The van der Waals surface area contributed by atoms with Crippen LogP contribution in [-0.2, 0) is 14.3 Å². The molecule has 11 unspecified atom stereocenters. The van der Waals surface area contributed by atoms with Gasteiger partial charge in [-0.05, 0) is 71.0 Å². The standard InChI is InChI=1S/C36H45FN4O5/c1-19-10-13-40(17-19)31-27(37)14-25-30-35(31)46-29-16-24-23(32(42)21-7-3-4-8-22(21)33(24)43)15-28(29)41(30)18-26(34(25)44)36(45)38-11-9-20-6-5-12-39(20)2/h3-4,7-8,18-20,23-25,27-31,35H,5-6,9-17H2,1-2H3,(H,38,45). The van der Waals surface area contributed by atoms with E-state index >= 15 is 4.39 Å². The highest BCUT2D eigenvalue weighted by Crippen LogP contribution is 2.50. The molecule has 4 heterocycles. The monoisotopic (exact) mass is 632 g/mol. The molecular formula is C36H45FN4O5. The normalized spacial score (nSPS) is 40.6. The molecule has 1 amide bonds. The van der Waals surface area contributed by atoms with E-state index in [-0.39, 0.29) is 35.4 Å². The number of rotatable bonds is 5. The third-order valence-corrected chi connectivity index (χ3v) is 12.5. The Balaban J connectivity index is 1.13. The summed E-state index contributed by atoms with van der Waals surface area (Å²) in [6.45, 7) is 5.24. The Bertz CT molecular complexity index is 1480. The second-order valence-corrected chi connectivity index (χ2v) is 15.1. The van der Waals surface area contributed by atoms with Crippen molar-refractivity contribution in [3.8, 4) is 0 Å². The van der Waals surface area contributed by atoms with E-state index in [1.807, 2.05) is 0 Å². The van der Waals surface area contributed by atoms with Gasteiger partial charge in [-0.3, -0.25) is 24.1 Å². The van der Waals surface area contributed by atoms with Crippen molar-refractivity contribution in [3.05, 3.63) is 47.2 Å². The maximum atomic E-state index is 16.4. The molecular weight excluding hydrogens is 587 g/mol. The van der Waals surface area contributed by atoms with Crippen molar-refractivity contribution in [2.75, 3.05) is 33.2 Å². The van der Waals surface area contributed by atoms with Crippen molar-refractivity contribution in [3.63, 3.8) is 0 Å². The zero-order valence-electron chi connectivity index (χ0n) is 26.8. The van der Waals surface area contributed by atoms with Crippen molar-refractivity contribution >= 4 is 23.3 Å². The van der Waals surface area contributed by atoms with Gasteiger partial charge in [0.1, 0.15) is 6.17 Å². The highest BCUT2D eigenvalue weighted by molar-refractivity contribution is 6.20. The molecule has 11 atom stereocenters. The third-order valence-electron chi connectivity index (χ3n) is 12.5. The lowest BCUT2D eigenvalue weighted by atomic mass is 9.63. The largest absolute Gasteiger partial charge is 0.369 e. The predicted molar refractivity (Wildman–Crippen MR) is 168 cm³/mol. The van der Waals surface area contributed by atoms with Crippen LogP contribution in [0.2, 0.25) is 0 Å². The van der Waals surface area contributed by atoms with Gasteiger partial charge in [-0.15, -0.1) is 0 Å². The molecule has 0 aromatic heterocycles. The first-order valence-corrected chi connectivity index (χ1v) is 17.4. The molecule has 9 nitrogen and oxygen atoms in total. The van der Waals surface area contributed by atoms with Gasteiger partial charge in [-0.25, -0.2) is 4.39 Å². The van der Waals surface area contributed by atoms with Crippen LogP contribution in [0.1, 0.15) is 72.6 Å². The first kappa shape index (κ1) is 30.4. The molecule has 46 heavy (non-hydrogen) atoms. The molecule has 4 aliphatic heterocycles. The van der Waals surface area contributed by atoms with Gasteiger partial charge in [-0.2, -0.15) is 0 Å². The number of halogens is 1. The minimum absolute atomic E-state index is 0.0272. The van der Waals surface area contributed by atoms with Crippen LogP contribution < -0.4 is 5.32 Å². The van der Waals surface area contributed by atoms with E-state index in [1.165, 1.54) is 0 Å². The molecule has 5 fully saturated rings. The van der Waals surface area contributed by atoms with Crippen LogP contribution in [-0.4, -0.2) is 114 Å². The second kappa shape index (κ2) is 11.6. The summed E-state index contributed by atoms with van der Waals surface area (Å²) in [6.07, 6.45) is 4.25.